The molecule has 0 saturated heterocycles. The lowest BCUT2D eigenvalue weighted by Crippen LogP contribution is -2.41. The number of nitriles is 1. The first-order valence-corrected chi connectivity index (χ1v) is 5.94. The highest BCUT2D eigenvalue weighted by atomic mass is 16.3. The van der Waals surface area contributed by atoms with Gasteiger partial charge in [-0.2, -0.15) is 5.26 Å². The molecule has 0 heterocycles. The minimum Gasteiger partial charge on any atom is -0.395 e. The second kappa shape index (κ2) is 7.05. The van der Waals surface area contributed by atoms with Crippen molar-refractivity contribution in [1.29, 1.82) is 5.26 Å². The van der Waals surface area contributed by atoms with Crippen LogP contribution in [-0.2, 0) is 6.54 Å². The molecule has 0 fully saturated rings. The Labute approximate surface area is 103 Å². The third-order valence-electron chi connectivity index (χ3n) is 2.93. The van der Waals surface area contributed by atoms with Crippen LogP contribution < -0.4 is 0 Å². The number of nitrogens with zero attached hydrogens (tertiary/aromatic N) is 2. The van der Waals surface area contributed by atoms with Gasteiger partial charge in [-0.1, -0.05) is 44.2 Å². The van der Waals surface area contributed by atoms with E-state index in [0.717, 1.165) is 0 Å². The van der Waals surface area contributed by atoms with E-state index in [-0.39, 0.29) is 12.6 Å². The first-order valence-electron chi connectivity index (χ1n) is 5.94. The molecule has 0 bridgehead atoms. The summed E-state index contributed by atoms with van der Waals surface area (Å²) in [4.78, 5) is 2.03. The van der Waals surface area contributed by atoms with Crippen molar-refractivity contribution in [2.24, 2.45) is 5.92 Å². The number of aliphatic hydroxyl groups excluding tert-OH is 1. The van der Waals surface area contributed by atoms with Crippen LogP contribution in [-0.4, -0.2) is 29.2 Å². The van der Waals surface area contributed by atoms with Crippen LogP contribution in [0.5, 0.6) is 0 Å². The number of aliphatic hydroxyl groups is 1. The Morgan fingerprint density at radius 2 is 1.94 bits per heavy atom. The maximum Gasteiger partial charge on any atom is 0.0872 e. The van der Waals surface area contributed by atoms with E-state index in [1.807, 2.05) is 35.2 Å². The Balaban J connectivity index is 2.76. The van der Waals surface area contributed by atoms with Crippen molar-refractivity contribution < 1.29 is 5.11 Å². The van der Waals surface area contributed by atoms with E-state index in [1.54, 1.807) is 0 Å². The molecule has 1 aromatic carbocycles. The van der Waals surface area contributed by atoms with Gasteiger partial charge < -0.3 is 5.11 Å². The summed E-state index contributed by atoms with van der Waals surface area (Å²) in [6.45, 7) is 5.27. The Morgan fingerprint density at radius 1 is 1.29 bits per heavy atom. The van der Waals surface area contributed by atoms with E-state index in [4.69, 9.17) is 5.26 Å². The molecule has 0 saturated carbocycles. The van der Waals surface area contributed by atoms with Gasteiger partial charge in [-0.05, 0) is 11.5 Å². The topological polar surface area (TPSA) is 47.3 Å². The third-order valence-corrected chi connectivity index (χ3v) is 2.93. The zero-order valence-corrected chi connectivity index (χ0v) is 10.5. The van der Waals surface area contributed by atoms with Crippen LogP contribution in [0, 0.1) is 17.2 Å². The average molecular weight is 232 g/mol. The van der Waals surface area contributed by atoms with Gasteiger partial charge in [0.2, 0.25) is 0 Å². The molecule has 1 N–H and O–H groups in total. The summed E-state index contributed by atoms with van der Waals surface area (Å²) < 4.78 is 0. The fraction of sp³-hybridized carbons (Fsp3) is 0.500. The molecule has 92 valence electrons. The Morgan fingerprint density at radius 3 is 2.41 bits per heavy atom. The van der Waals surface area contributed by atoms with Crippen LogP contribution in [0.2, 0.25) is 0 Å². The van der Waals surface area contributed by atoms with E-state index < -0.39 is 0 Å². The molecule has 0 spiro atoms. The standard InChI is InChI=1S/C14H20N2O/c1-12(2)14(11-17)16(9-8-15)10-13-6-4-3-5-7-13/h3-7,12,14,17H,9-11H2,1-2H3. The maximum atomic E-state index is 9.42. The molecule has 17 heavy (non-hydrogen) atoms. The smallest absolute Gasteiger partial charge is 0.0872 e. The highest BCUT2D eigenvalue weighted by Gasteiger charge is 2.20. The van der Waals surface area contributed by atoms with Crippen molar-refractivity contribution in [1.82, 2.24) is 4.90 Å². The zero-order chi connectivity index (χ0) is 12.7. The second-order valence-corrected chi connectivity index (χ2v) is 4.54. The largest absolute Gasteiger partial charge is 0.395 e. The van der Waals surface area contributed by atoms with Crippen molar-refractivity contribution in [3.63, 3.8) is 0 Å². The SMILES string of the molecule is CC(C)C(CO)N(CC#N)Cc1ccccc1. The normalized spacial score (nSPS) is 12.7. The lowest BCUT2D eigenvalue weighted by Gasteiger charge is -2.31. The molecule has 0 radical (unpaired) electrons. The number of hydrogen-bond donors (Lipinski definition) is 1. The van der Waals surface area contributed by atoms with Crippen LogP contribution in [0.3, 0.4) is 0 Å². The van der Waals surface area contributed by atoms with Crippen molar-refractivity contribution in [3.8, 4) is 6.07 Å². The summed E-state index contributed by atoms with van der Waals surface area (Å²) in [5.74, 6) is 0.331. The van der Waals surface area contributed by atoms with Gasteiger partial charge in [-0.25, -0.2) is 0 Å². The Hall–Kier alpha value is -1.37. The van der Waals surface area contributed by atoms with E-state index in [1.165, 1.54) is 5.56 Å². The number of hydrogen-bond acceptors (Lipinski definition) is 3. The summed E-state index contributed by atoms with van der Waals surface area (Å²) in [6, 6.07) is 12.2. The van der Waals surface area contributed by atoms with E-state index >= 15 is 0 Å². The van der Waals surface area contributed by atoms with Crippen LogP contribution in [0.25, 0.3) is 0 Å². The highest BCUT2D eigenvalue weighted by molar-refractivity contribution is 5.14. The van der Waals surface area contributed by atoms with Crippen molar-refractivity contribution in [2.45, 2.75) is 26.4 Å². The highest BCUT2D eigenvalue weighted by Crippen LogP contribution is 2.14. The van der Waals surface area contributed by atoms with Crippen LogP contribution in [0.4, 0.5) is 0 Å². The Bertz CT molecular complexity index is 356. The van der Waals surface area contributed by atoms with Gasteiger partial charge >= 0.3 is 0 Å². The van der Waals surface area contributed by atoms with Crippen molar-refractivity contribution in [3.05, 3.63) is 35.9 Å². The summed E-state index contributed by atoms with van der Waals surface area (Å²) in [5, 5.41) is 18.3. The number of rotatable bonds is 6. The molecule has 0 aliphatic rings. The molecule has 0 aliphatic heterocycles. The molecule has 3 nitrogen and oxygen atoms in total. The summed E-state index contributed by atoms with van der Waals surface area (Å²) in [7, 11) is 0. The molecular formula is C14H20N2O. The molecule has 1 atom stereocenters. The van der Waals surface area contributed by atoms with Crippen LogP contribution >= 0.6 is 0 Å². The average Bonchev–Trinajstić information content (AvgIpc) is 2.31. The summed E-state index contributed by atoms with van der Waals surface area (Å²) in [6.07, 6.45) is 0. The zero-order valence-electron chi connectivity index (χ0n) is 10.5. The lowest BCUT2D eigenvalue weighted by atomic mass is 10.0. The predicted octanol–water partition coefficient (Wildman–Crippen LogP) is 2.03. The fourth-order valence-electron chi connectivity index (χ4n) is 1.95. The minimum atomic E-state index is 0.0369. The van der Waals surface area contributed by atoms with Gasteiger partial charge in [0.1, 0.15) is 0 Å². The molecule has 0 aromatic heterocycles. The third kappa shape index (κ3) is 4.18. The maximum absolute atomic E-state index is 9.42. The molecule has 0 amide bonds. The Kier molecular flexibility index (Phi) is 5.68. The fourth-order valence-corrected chi connectivity index (χ4v) is 1.95. The molecule has 0 aliphatic carbocycles. The first kappa shape index (κ1) is 13.7. The van der Waals surface area contributed by atoms with Gasteiger partial charge in [0, 0.05) is 12.6 Å². The predicted molar refractivity (Wildman–Crippen MR) is 68.2 cm³/mol. The summed E-state index contributed by atoms with van der Waals surface area (Å²) >= 11 is 0. The second-order valence-electron chi connectivity index (χ2n) is 4.54. The van der Waals surface area contributed by atoms with Gasteiger partial charge in [0.05, 0.1) is 19.2 Å². The van der Waals surface area contributed by atoms with Gasteiger partial charge in [-0.15, -0.1) is 0 Å². The van der Waals surface area contributed by atoms with Crippen molar-refractivity contribution >= 4 is 0 Å². The summed E-state index contributed by atoms with van der Waals surface area (Å²) in [5.41, 5.74) is 1.17. The van der Waals surface area contributed by atoms with Gasteiger partial charge in [0.25, 0.3) is 0 Å². The monoisotopic (exact) mass is 232 g/mol. The molecule has 1 rings (SSSR count). The molecular weight excluding hydrogens is 212 g/mol. The minimum absolute atomic E-state index is 0.0369. The van der Waals surface area contributed by atoms with Crippen LogP contribution in [0.15, 0.2) is 30.3 Å². The quantitative estimate of drug-likeness (QED) is 0.763. The van der Waals surface area contributed by atoms with Gasteiger partial charge in [-0.3, -0.25) is 4.90 Å². The molecule has 1 aromatic rings. The van der Waals surface area contributed by atoms with Gasteiger partial charge in [0.15, 0.2) is 0 Å². The number of benzene rings is 1. The van der Waals surface area contributed by atoms with E-state index in [9.17, 15) is 5.11 Å². The first-order chi connectivity index (χ1) is 8.19. The van der Waals surface area contributed by atoms with Crippen molar-refractivity contribution in [2.75, 3.05) is 13.2 Å². The van der Waals surface area contributed by atoms with E-state index in [0.29, 0.717) is 19.0 Å². The van der Waals surface area contributed by atoms with Crippen LogP contribution in [0.1, 0.15) is 19.4 Å². The van der Waals surface area contributed by atoms with E-state index in [2.05, 4.69) is 19.9 Å². The molecule has 3 heteroatoms. The molecule has 1 unspecified atom stereocenters. The lowest BCUT2D eigenvalue weighted by molar-refractivity contribution is 0.0963.